The average Bonchev–Trinajstić information content (AvgIpc) is 1.99. The summed E-state index contributed by atoms with van der Waals surface area (Å²) in [6.45, 7) is 3.55. The van der Waals surface area contributed by atoms with Crippen LogP contribution in [0.4, 0.5) is 0 Å². The van der Waals surface area contributed by atoms with Crippen LogP contribution in [0.3, 0.4) is 0 Å². The molecule has 14 heavy (non-hydrogen) atoms. The first kappa shape index (κ1) is 8.55. The summed E-state index contributed by atoms with van der Waals surface area (Å²) in [4.78, 5) is 22.2. The Kier molecular flexibility index (Phi) is 1.67. The van der Waals surface area contributed by atoms with Crippen LogP contribution in [0.5, 0.6) is 5.75 Å². The lowest BCUT2D eigenvalue weighted by molar-refractivity contribution is 0.0950. The maximum absolute atomic E-state index is 11.3. The van der Waals surface area contributed by atoms with E-state index in [0.29, 0.717) is 5.70 Å². The maximum Gasteiger partial charge on any atom is 0.339 e. The van der Waals surface area contributed by atoms with Crippen molar-refractivity contribution < 1.29 is 14.3 Å². The Hall–Kier alpha value is -2.04. The number of hydrogen-bond donors (Lipinski definition) is 2. The van der Waals surface area contributed by atoms with E-state index >= 15 is 0 Å². The lowest BCUT2D eigenvalue weighted by Crippen LogP contribution is -2.30. The highest BCUT2D eigenvalue weighted by molar-refractivity contribution is 5.99. The molecule has 5 heteroatoms. The van der Waals surface area contributed by atoms with Crippen LogP contribution in [0.15, 0.2) is 27.6 Å². The van der Waals surface area contributed by atoms with Crippen molar-refractivity contribution in [2.75, 3.05) is 0 Å². The van der Waals surface area contributed by atoms with Gasteiger partial charge in [-0.3, -0.25) is 4.79 Å². The molecule has 0 aromatic carbocycles. The molecule has 0 bridgehead atoms. The zero-order valence-corrected chi connectivity index (χ0v) is 7.16. The lowest BCUT2D eigenvalue weighted by atomic mass is 10.1. The van der Waals surface area contributed by atoms with Crippen molar-refractivity contribution in [3.05, 3.63) is 40.1 Å². The van der Waals surface area contributed by atoms with Gasteiger partial charge in [-0.2, -0.15) is 0 Å². The highest BCUT2D eigenvalue weighted by Crippen LogP contribution is 2.23. The number of amides is 1. The van der Waals surface area contributed by atoms with Crippen LogP contribution in [0, 0.1) is 0 Å². The third-order valence-corrected chi connectivity index (χ3v) is 1.90. The van der Waals surface area contributed by atoms with Crippen molar-refractivity contribution >= 4 is 5.91 Å². The van der Waals surface area contributed by atoms with Crippen molar-refractivity contribution in [2.45, 2.75) is 6.42 Å². The molecule has 0 atom stereocenters. The molecule has 5 nitrogen and oxygen atoms in total. The van der Waals surface area contributed by atoms with E-state index in [-0.39, 0.29) is 23.5 Å². The SMILES string of the molecule is C=C1Cc2oc(=O)cc(O)c2C(=O)N1. The summed E-state index contributed by atoms with van der Waals surface area (Å²) in [6.07, 6.45) is 0.227. The van der Waals surface area contributed by atoms with Gasteiger partial charge in [0.1, 0.15) is 17.1 Å². The molecule has 72 valence electrons. The Morgan fingerprint density at radius 3 is 2.93 bits per heavy atom. The first-order chi connectivity index (χ1) is 6.58. The third-order valence-electron chi connectivity index (χ3n) is 1.90. The van der Waals surface area contributed by atoms with E-state index in [2.05, 4.69) is 11.9 Å². The summed E-state index contributed by atoms with van der Waals surface area (Å²) >= 11 is 0. The minimum Gasteiger partial charge on any atom is -0.507 e. The number of hydrogen-bond acceptors (Lipinski definition) is 4. The van der Waals surface area contributed by atoms with Crippen molar-refractivity contribution in [1.82, 2.24) is 5.32 Å². The molecule has 2 N–H and O–H groups in total. The molecular weight excluding hydrogens is 186 g/mol. The third kappa shape index (κ3) is 1.19. The largest absolute Gasteiger partial charge is 0.507 e. The second kappa shape index (κ2) is 2.73. The maximum atomic E-state index is 11.3. The van der Waals surface area contributed by atoms with Gasteiger partial charge in [0, 0.05) is 12.1 Å². The molecule has 0 unspecified atom stereocenters. The van der Waals surface area contributed by atoms with Gasteiger partial charge in [0.25, 0.3) is 5.91 Å². The van der Waals surface area contributed by atoms with Gasteiger partial charge < -0.3 is 14.8 Å². The molecular formula is C9H7NO4. The summed E-state index contributed by atoms with van der Waals surface area (Å²) in [6, 6.07) is 0.868. The van der Waals surface area contributed by atoms with Gasteiger partial charge in [-0.05, 0) is 0 Å². The van der Waals surface area contributed by atoms with Gasteiger partial charge in [-0.1, -0.05) is 6.58 Å². The standard InChI is InChI=1S/C9H7NO4/c1-4-2-6-8(9(13)10-4)5(11)3-7(12)14-6/h3,11H,1-2H2,(H,10,13). The molecule has 1 aromatic rings. The van der Waals surface area contributed by atoms with Crippen LogP contribution in [0.25, 0.3) is 0 Å². The molecule has 0 aliphatic carbocycles. The van der Waals surface area contributed by atoms with E-state index in [4.69, 9.17) is 4.42 Å². The van der Waals surface area contributed by atoms with Gasteiger partial charge in [0.2, 0.25) is 0 Å². The van der Waals surface area contributed by atoms with Crippen molar-refractivity contribution in [3.63, 3.8) is 0 Å². The van der Waals surface area contributed by atoms with Gasteiger partial charge in [-0.15, -0.1) is 0 Å². The molecule has 2 rings (SSSR count). The minimum absolute atomic E-state index is 0.0111. The fourth-order valence-electron chi connectivity index (χ4n) is 1.36. The Labute approximate surface area is 78.7 Å². The van der Waals surface area contributed by atoms with Gasteiger partial charge in [0.05, 0.1) is 6.07 Å². The predicted octanol–water partition coefficient (Wildman–Crippen LogP) is 0.145. The van der Waals surface area contributed by atoms with Crippen molar-refractivity contribution in [1.29, 1.82) is 0 Å². The van der Waals surface area contributed by atoms with E-state index in [1.165, 1.54) is 0 Å². The molecule has 1 aliphatic heterocycles. The molecule has 0 spiro atoms. The number of nitrogens with one attached hydrogen (secondary N) is 1. The summed E-state index contributed by atoms with van der Waals surface area (Å²) in [5, 5.41) is 11.8. The van der Waals surface area contributed by atoms with Gasteiger partial charge in [0.15, 0.2) is 0 Å². The lowest BCUT2D eigenvalue weighted by Gasteiger charge is -2.16. The number of carbonyl (C=O) groups is 1. The monoisotopic (exact) mass is 193 g/mol. The Bertz CT molecular complexity index is 486. The van der Waals surface area contributed by atoms with E-state index in [0.717, 1.165) is 6.07 Å². The van der Waals surface area contributed by atoms with Gasteiger partial charge >= 0.3 is 5.63 Å². The molecule has 1 aliphatic rings. The van der Waals surface area contributed by atoms with E-state index in [1.54, 1.807) is 0 Å². The van der Waals surface area contributed by atoms with Gasteiger partial charge in [-0.25, -0.2) is 4.79 Å². The molecule has 1 amide bonds. The highest BCUT2D eigenvalue weighted by Gasteiger charge is 2.25. The number of carbonyl (C=O) groups excluding carboxylic acids is 1. The topological polar surface area (TPSA) is 79.5 Å². The summed E-state index contributed by atoms with van der Waals surface area (Å²) < 4.78 is 4.78. The zero-order valence-electron chi connectivity index (χ0n) is 7.16. The number of aromatic hydroxyl groups is 1. The van der Waals surface area contributed by atoms with Crippen molar-refractivity contribution in [3.8, 4) is 5.75 Å². The Morgan fingerprint density at radius 2 is 2.21 bits per heavy atom. The van der Waals surface area contributed by atoms with Crippen LogP contribution < -0.4 is 10.9 Å². The quantitative estimate of drug-likeness (QED) is 0.614. The van der Waals surface area contributed by atoms with Crippen LogP contribution in [-0.4, -0.2) is 11.0 Å². The summed E-state index contributed by atoms with van der Waals surface area (Å²) in [5.41, 5.74) is -0.225. The Balaban J connectivity index is 2.70. The number of rotatable bonds is 0. The predicted molar refractivity (Wildman–Crippen MR) is 47.0 cm³/mol. The fraction of sp³-hybridized carbons (Fsp3) is 0.111. The fourth-order valence-corrected chi connectivity index (χ4v) is 1.36. The Morgan fingerprint density at radius 1 is 1.50 bits per heavy atom. The zero-order chi connectivity index (χ0) is 10.3. The number of allylic oxidation sites excluding steroid dienone is 1. The number of fused-ring (bicyclic) bond motifs is 1. The molecule has 1 aromatic heterocycles. The van der Waals surface area contributed by atoms with E-state index < -0.39 is 11.5 Å². The van der Waals surface area contributed by atoms with Crippen LogP contribution in [0.1, 0.15) is 16.1 Å². The van der Waals surface area contributed by atoms with Crippen LogP contribution in [-0.2, 0) is 6.42 Å². The molecule has 0 fully saturated rings. The molecule has 0 radical (unpaired) electrons. The summed E-state index contributed by atoms with van der Waals surface area (Å²) in [5.74, 6) is -0.706. The first-order valence-electron chi connectivity index (χ1n) is 3.93. The second-order valence-corrected chi connectivity index (χ2v) is 2.98. The summed E-state index contributed by atoms with van der Waals surface area (Å²) in [7, 11) is 0. The molecule has 2 heterocycles. The van der Waals surface area contributed by atoms with Crippen molar-refractivity contribution in [2.24, 2.45) is 0 Å². The van der Waals surface area contributed by atoms with Crippen LogP contribution in [0.2, 0.25) is 0 Å². The average molecular weight is 193 g/mol. The second-order valence-electron chi connectivity index (χ2n) is 2.98. The minimum atomic E-state index is -0.677. The first-order valence-corrected chi connectivity index (χ1v) is 3.93. The van der Waals surface area contributed by atoms with E-state index in [9.17, 15) is 14.7 Å². The van der Waals surface area contributed by atoms with E-state index in [1.807, 2.05) is 0 Å². The highest BCUT2D eigenvalue weighted by atomic mass is 16.4. The van der Waals surface area contributed by atoms with Crippen LogP contribution >= 0.6 is 0 Å². The molecule has 0 saturated carbocycles. The molecule has 0 saturated heterocycles. The normalized spacial score (nSPS) is 14.9. The smallest absolute Gasteiger partial charge is 0.339 e.